The minimum absolute atomic E-state index is 0.503. The molecule has 0 unspecified atom stereocenters. The third-order valence-corrected chi connectivity index (χ3v) is 3.34. The summed E-state index contributed by atoms with van der Waals surface area (Å²) in [7, 11) is 0. The van der Waals surface area contributed by atoms with E-state index < -0.39 is 0 Å². The third-order valence-electron chi connectivity index (χ3n) is 3.11. The molecule has 3 aromatic rings. The maximum Gasteiger partial charge on any atom is 0.229 e. The van der Waals surface area contributed by atoms with Gasteiger partial charge in [-0.3, -0.25) is 0 Å². The number of aryl methyl sites for hydroxylation is 1. The van der Waals surface area contributed by atoms with Gasteiger partial charge >= 0.3 is 0 Å². The summed E-state index contributed by atoms with van der Waals surface area (Å²) in [6.07, 6.45) is 0.970. The average Bonchev–Trinajstić information content (AvgIpc) is 2.83. The molecule has 1 heterocycles. The molecule has 0 saturated carbocycles. The molecule has 0 radical (unpaired) electrons. The number of nitrogen functional groups attached to an aromatic ring is 1. The Labute approximate surface area is 116 Å². The van der Waals surface area contributed by atoms with Crippen LogP contribution in [0.25, 0.3) is 22.6 Å². The van der Waals surface area contributed by atoms with Gasteiger partial charge in [0, 0.05) is 10.7 Å². The van der Waals surface area contributed by atoms with Crippen molar-refractivity contribution in [2.75, 3.05) is 5.73 Å². The van der Waals surface area contributed by atoms with E-state index in [-0.39, 0.29) is 0 Å². The van der Waals surface area contributed by atoms with Gasteiger partial charge in [0.15, 0.2) is 5.58 Å². The summed E-state index contributed by atoms with van der Waals surface area (Å²) >= 11 is 5.99. The number of aromatic nitrogens is 1. The number of benzene rings is 2. The van der Waals surface area contributed by atoms with Crippen LogP contribution in [-0.4, -0.2) is 4.98 Å². The highest BCUT2D eigenvalue weighted by Gasteiger charge is 2.11. The van der Waals surface area contributed by atoms with Crippen LogP contribution in [0.4, 0.5) is 5.69 Å². The quantitative estimate of drug-likeness (QED) is 0.708. The second kappa shape index (κ2) is 4.59. The molecule has 0 fully saturated rings. The molecule has 0 amide bonds. The highest BCUT2D eigenvalue weighted by Crippen LogP contribution is 2.31. The molecule has 3 rings (SSSR count). The SMILES string of the molecule is CCc1ccc2oc(-c3cc(Cl)ccc3N)nc2c1. The van der Waals surface area contributed by atoms with Crippen molar-refractivity contribution in [3.63, 3.8) is 0 Å². The summed E-state index contributed by atoms with van der Waals surface area (Å²) < 4.78 is 5.74. The van der Waals surface area contributed by atoms with Crippen molar-refractivity contribution < 1.29 is 4.42 Å². The van der Waals surface area contributed by atoms with Gasteiger partial charge in [-0.15, -0.1) is 0 Å². The van der Waals surface area contributed by atoms with Crippen molar-refractivity contribution >= 4 is 28.4 Å². The van der Waals surface area contributed by atoms with Gasteiger partial charge in [0.05, 0.1) is 5.56 Å². The predicted octanol–water partition coefficient (Wildman–Crippen LogP) is 4.29. The van der Waals surface area contributed by atoms with Crippen molar-refractivity contribution in [2.24, 2.45) is 0 Å². The van der Waals surface area contributed by atoms with Gasteiger partial charge in [-0.2, -0.15) is 0 Å². The highest BCUT2D eigenvalue weighted by molar-refractivity contribution is 6.31. The Kier molecular flexibility index (Phi) is 2.91. The maximum absolute atomic E-state index is 5.99. The molecule has 0 aliphatic rings. The number of nitrogens with zero attached hydrogens (tertiary/aromatic N) is 1. The summed E-state index contributed by atoms with van der Waals surface area (Å²) in [5, 5.41) is 0.612. The minimum Gasteiger partial charge on any atom is -0.436 e. The zero-order valence-corrected chi connectivity index (χ0v) is 11.2. The van der Waals surface area contributed by atoms with Gasteiger partial charge in [0.2, 0.25) is 5.89 Å². The lowest BCUT2D eigenvalue weighted by atomic mass is 10.1. The van der Waals surface area contributed by atoms with Crippen molar-refractivity contribution in [1.29, 1.82) is 0 Å². The fraction of sp³-hybridized carbons (Fsp3) is 0.133. The van der Waals surface area contributed by atoms with E-state index in [0.29, 0.717) is 16.6 Å². The first kappa shape index (κ1) is 12.1. The monoisotopic (exact) mass is 272 g/mol. The topological polar surface area (TPSA) is 52.0 Å². The number of hydrogen-bond donors (Lipinski definition) is 1. The van der Waals surface area contributed by atoms with Crippen LogP contribution < -0.4 is 5.73 Å². The summed E-state index contributed by atoms with van der Waals surface area (Å²) in [5.41, 5.74) is 10.1. The van der Waals surface area contributed by atoms with Gasteiger partial charge in [0.1, 0.15) is 5.52 Å². The number of halogens is 1. The molecule has 0 bridgehead atoms. The molecule has 96 valence electrons. The molecular weight excluding hydrogens is 260 g/mol. The Bertz CT molecular complexity index is 749. The van der Waals surface area contributed by atoms with Crippen LogP contribution in [0.3, 0.4) is 0 Å². The standard InChI is InChI=1S/C15H13ClN2O/c1-2-9-3-6-14-13(7-9)18-15(19-14)11-8-10(16)4-5-12(11)17/h3-8H,2,17H2,1H3. The van der Waals surface area contributed by atoms with Crippen LogP contribution in [0.1, 0.15) is 12.5 Å². The Morgan fingerprint density at radius 1 is 1.21 bits per heavy atom. The van der Waals surface area contributed by atoms with E-state index in [2.05, 4.69) is 11.9 Å². The lowest BCUT2D eigenvalue weighted by Crippen LogP contribution is -1.89. The molecule has 0 spiro atoms. The summed E-state index contributed by atoms with van der Waals surface area (Å²) in [6.45, 7) is 2.11. The Balaban J connectivity index is 2.17. The molecule has 0 saturated heterocycles. The van der Waals surface area contributed by atoms with Crippen LogP contribution in [0.5, 0.6) is 0 Å². The fourth-order valence-corrected chi connectivity index (χ4v) is 2.19. The lowest BCUT2D eigenvalue weighted by molar-refractivity contribution is 0.620. The first-order valence-electron chi connectivity index (χ1n) is 6.12. The molecule has 0 atom stereocenters. The van der Waals surface area contributed by atoms with Gasteiger partial charge < -0.3 is 10.2 Å². The molecule has 4 heteroatoms. The first-order chi connectivity index (χ1) is 9.17. The van der Waals surface area contributed by atoms with Gasteiger partial charge in [-0.25, -0.2) is 4.98 Å². The number of anilines is 1. The summed E-state index contributed by atoms with van der Waals surface area (Å²) in [5.74, 6) is 0.503. The van der Waals surface area contributed by atoms with Gasteiger partial charge in [-0.1, -0.05) is 24.6 Å². The number of rotatable bonds is 2. The number of nitrogens with two attached hydrogens (primary N) is 1. The zero-order chi connectivity index (χ0) is 13.4. The Morgan fingerprint density at radius 2 is 2.05 bits per heavy atom. The summed E-state index contributed by atoms with van der Waals surface area (Å²) in [6, 6.07) is 11.3. The second-order valence-corrected chi connectivity index (χ2v) is 4.84. The van der Waals surface area contributed by atoms with Gasteiger partial charge in [0.25, 0.3) is 0 Å². The fourth-order valence-electron chi connectivity index (χ4n) is 2.02. The van der Waals surface area contributed by atoms with E-state index in [4.69, 9.17) is 21.8 Å². The minimum atomic E-state index is 0.503. The van der Waals surface area contributed by atoms with Crippen molar-refractivity contribution in [2.45, 2.75) is 13.3 Å². The number of fused-ring (bicyclic) bond motifs is 1. The van der Waals surface area contributed by atoms with E-state index in [9.17, 15) is 0 Å². The average molecular weight is 273 g/mol. The van der Waals surface area contributed by atoms with Crippen LogP contribution in [0.15, 0.2) is 40.8 Å². The lowest BCUT2D eigenvalue weighted by Gasteiger charge is -2.00. The highest BCUT2D eigenvalue weighted by atomic mass is 35.5. The second-order valence-electron chi connectivity index (χ2n) is 4.41. The number of hydrogen-bond acceptors (Lipinski definition) is 3. The smallest absolute Gasteiger partial charge is 0.229 e. The largest absolute Gasteiger partial charge is 0.436 e. The molecule has 0 aliphatic heterocycles. The van der Waals surface area contributed by atoms with E-state index in [1.165, 1.54) is 5.56 Å². The molecule has 3 nitrogen and oxygen atoms in total. The Hall–Kier alpha value is -2.00. The van der Waals surface area contributed by atoms with Crippen molar-refractivity contribution in [1.82, 2.24) is 4.98 Å². The van der Waals surface area contributed by atoms with Crippen molar-refractivity contribution in [3.05, 3.63) is 47.0 Å². The molecular formula is C15H13ClN2O. The van der Waals surface area contributed by atoms with E-state index in [0.717, 1.165) is 23.1 Å². The maximum atomic E-state index is 5.99. The van der Waals surface area contributed by atoms with E-state index >= 15 is 0 Å². The number of oxazole rings is 1. The summed E-state index contributed by atoms with van der Waals surface area (Å²) in [4.78, 5) is 4.49. The van der Waals surface area contributed by atoms with Crippen LogP contribution >= 0.6 is 11.6 Å². The van der Waals surface area contributed by atoms with E-state index in [1.54, 1.807) is 18.2 Å². The van der Waals surface area contributed by atoms with Crippen molar-refractivity contribution in [3.8, 4) is 11.5 Å². The zero-order valence-electron chi connectivity index (χ0n) is 10.5. The van der Waals surface area contributed by atoms with Crippen LogP contribution in [-0.2, 0) is 6.42 Å². The van der Waals surface area contributed by atoms with Crippen LogP contribution in [0.2, 0.25) is 5.02 Å². The molecule has 2 N–H and O–H groups in total. The molecule has 2 aromatic carbocycles. The van der Waals surface area contributed by atoms with Crippen LogP contribution in [0, 0.1) is 0 Å². The predicted molar refractivity (Wildman–Crippen MR) is 78.2 cm³/mol. The third kappa shape index (κ3) is 2.17. The molecule has 0 aliphatic carbocycles. The van der Waals surface area contributed by atoms with E-state index in [1.807, 2.05) is 18.2 Å². The molecule has 19 heavy (non-hydrogen) atoms. The van der Waals surface area contributed by atoms with Gasteiger partial charge in [-0.05, 0) is 42.3 Å². The normalized spacial score (nSPS) is 11.1. The first-order valence-corrected chi connectivity index (χ1v) is 6.50. The Morgan fingerprint density at radius 3 is 2.84 bits per heavy atom. The molecule has 1 aromatic heterocycles.